The third-order valence-corrected chi connectivity index (χ3v) is 5.22. The highest BCUT2D eigenvalue weighted by molar-refractivity contribution is 5.97. The highest BCUT2D eigenvalue weighted by Crippen LogP contribution is 2.09. The molecule has 2 heterocycles. The van der Waals surface area contributed by atoms with Crippen molar-refractivity contribution in [2.45, 2.75) is 32.4 Å². The van der Waals surface area contributed by atoms with Crippen LogP contribution in [-0.4, -0.2) is 65.2 Å². The predicted molar refractivity (Wildman–Crippen MR) is 114 cm³/mol. The first-order valence-electron chi connectivity index (χ1n) is 10.3. The molecule has 0 bridgehead atoms. The number of benzene rings is 1. The number of aromatic nitrogens is 1. The smallest absolute Gasteiger partial charge is 0.220 e. The largest absolute Gasteiger partial charge is 0.352 e. The summed E-state index contributed by atoms with van der Waals surface area (Å²) >= 11 is 0. The summed E-state index contributed by atoms with van der Waals surface area (Å²) in [6, 6.07) is 14.1. The number of ketones is 1. The number of rotatable bonds is 9. The number of hydrogen-bond donors (Lipinski definition) is 1. The summed E-state index contributed by atoms with van der Waals surface area (Å²) in [7, 11) is 0. The van der Waals surface area contributed by atoms with Crippen LogP contribution < -0.4 is 5.32 Å². The van der Waals surface area contributed by atoms with Crippen LogP contribution >= 0.6 is 0 Å². The molecule has 1 unspecified atom stereocenters. The van der Waals surface area contributed by atoms with Crippen LogP contribution in [0.25, 0.3) is 0 Å². The zero-order valence-electron chi connectivity index (χ0n) is 17.1. The van der Waals surface area contributed by atoms with Crippen LogP contribution in [-0.2, 0) is 11.3 Å². The quantitative estimate of drug-likeness (QED) is 0.662. The molecule has 6 nitrogen and oxygen atoms in total. The van der Waals surface area contributed by atoms with E-state index in [1.54, 1.807) is 24.5 Å². The van der Waals surface area contributed by atoms with Gasteiger partial charge in [0, 0.05) is 76.1 Å². The molecule has 1 aliphatic rings. The molecular weight excluding hydrogens is 364 g/mol. The Labute approximate surface area is 172 Å². The second-order valence-electron chi connectivity index (χ2n) is 7.70. The molecule has 3 rings (SSSR count). The molecule has 0 radical (unpaired) electrons. The number of nitrogens with one attached hydrogen (secondary N) is 1. The minimum Gasteiger partial charge on any atom is -0.352 e. The highest BCUT2D eigenvalue weighted by atomic mass is 16.2. The van der Waals surface area contributed by atoms with Crippen molar-refractivity contribution in [1.82, 2.24) is 20.1 Å². The molecule has 6 heteroatoms. The summed E-state index contributed by atoms with van der Waals surface area (Å²) in [5, 5.41) is 3.02. The van der Waals surface area contributed by atoms with E-state index in [4.69, 9.17) is 0 Å². The van der Waals surface area contributed by atoms with E-state index in [-0.39, 0.29) is 30.6 Å². The lowest BCUT2D eigenvalue weighted by atomic mass is 10.1. The second-order valence-corrected chi connectivity index (χ2v) is 7.70. The summed E-state index contributed by atoms with van der Waals surface area (Å²) in [5.74, 6) is -0.118. The molecule has 0 spiro atoms. The van der Waals surface area contributed by atoms with E-state index in [9.17, 15) is 9.59 Å². The maximum Gasteiger partial charge on any atom is 0.220 e. The number of nitrogens with zero attached hydrogens (tertiary/aromatic N) is 3. The van der Waals surface area contributed by atoms with Gasteiger partial charge in [0.05, 0.1) is 0 Å². The van der Waals surface area contributed by atoms with E-state index in [0.29, 0.717) is 5.56 Å². The lowest BCUT2D eigenvalue weighted by Crippen LogP contribution is -2.50. The fourth-order valence-corrected chi connectivity index (χ4v) is 3.65. The van der Waals surface area contributed by atoms with Crippen LogP contribution in [0.3, 0.4) is 0 Å². The van der Waals surface area contributed by atoms with Gasteiger partial charge in [0.1, 0.15) is 0 Å². The number of hydrogen-bond acceptors (Lipinski definition) is 5. The molecule has 1 saturated heterocycles. The number of amides is 1. The maximum absolute atomic E-state index is 12.2. The van der Waals surface area contributed by atoms with Gasteiger partial charge in [-0.25, -0.2) is 0 Å². The molecule has 2 aromatic rings. The Balaban J connectivity index is 1.33. The number of carbonyl (C=O) groups is 2. The number of piperazine rings is 1. The van der Waals surface area contributed by atoms with Gasteiger partial charge in [0.2, 0.25) is 5.91 Å². The van der Waals surface area contributed by atoms with Gasteiger partial charge in [-0.15, -0.1) is 0 Å². The van der Waals surface area contributed by atoms with Crippen LogP contribution in [0.4, 0.5) is 0 Å². The highest BCUT2D eigenvalue weighted by Gasteiger charge is 2.19. The topological polar surface area (TPSA) is 65.5 Å². The molecule has 1 fully saturated rings. The lowest BCUT2D eigenvalue weighted by Gasteiger charge is -2.36. The molecule has 29 heavy (non-hydrogen) atoms. The monoisotopic (exact) mass is 394 g/mol. The van der Waals surface area contributed by atoms with Gasteiger partial charge in [0.15, 0.2) is 5.78 Å². The second kappa shape index (κ2) is 10.8. The van der Waals surface area contributed by atoms with Crippen molar-refractivity contribution in [1.29, 1.82) is 0 Å². The van der Waals surface area contributed by atoms with Gasteiger partial charge in [-0.05, 0) is 24.6 Å². The Morgan fingerprint density at radius 3 is 2.41 bits per heavy atom. The Hall–Kier alpha value is -2.57. The fraction of sp³-hybridized carbons (Fsp3) is 0.435. The molecule has 1 N–H and O–H groups in total. The van der Waals surface area contributed by atoms with Gasteiger partial charge in [-0.2, -0.15) is 0 Å². The van der Waals surface area contributed by atoms with Crippen LogP contribution in [0.15, 0.2) is 54.9 Å². The van der Waals surface area contributed by atoms with Crippen molar-refractivity contribution in [2.24, 2.45) is 0 Å². The first-order chi connectivity index (χ1) is 14.1. The number of pyridine rings is 1. The molecule has 1 amide bonds. The third kappa shape index (κ3) is 7.07. The number of Topliss-reactive ketones (excluding diaryl/α,β-unsaturated/α-hetero) is 1. The normalized spacial score (nSPS) is 16.3. The van der Waals surface area contributed by atoms with Crippen molar-refractivity contribution in [2.75, 3.05) is 32.7 Å². The molecule has 1 aromatic heterocycles. The lowest BCUT2D eigenvalue weighted by molar-refractivity contribution is -0.121. The van der Waals surface area contributed by atoms with E-state index in [1.807, 2.05) is 13.0 Å². The summed E-state index contributed by atoms with van der Waals surface area (Å²) in [6.07, 6.45) is 3.60. The van der Waals surface area contributed by atoms with Crippen molar-refractivity contribution in [3.63, 3.8) is 0 Å². The first kappa shape index (κ1) is 21.1. The van der Waals surface area contributed by atoms with Crippen molar-refractivity contribution in [3.8, 4) is 0 Å². The zero-order chi connectivity index (χ0) is 20.5. The van der Waals surface area contributed by atoms with Crippen molar-refractivity contribution >= 4 is 11.7 Å². The van der Waals surface area contributed by atoms with Crippen LogP contribution in [0.5, 0.6) is 0 Å². The molecule has 1 atom stereocenters. The molecule has 0 aliphatic carbocycles. The van der Waals surface area contributed by atoms with Gasteiger partial charge >= 0.3 is 0 Å². The summed E-state index contributed by atoms with van der Waals surface area (Å²) in [4.78, 5) is 33.1. The Kier molecular flexibility index (Phi) is 7.90. The molecule has 154 valence electrons. The van der Waals surface area contributed by atoms with Gasteiger partial charge in [0.25, 0.3) is 0 Å². The minimum absolute atomic E-state index is 0.0459. The first-order valence-corrected chi connectivity index (χ1v) is 10.3. The van der Waals surface area contributed by atoms with Crippen LogP contribution in [0, 0.1) is 0 Å². The summed E-state index contributed by atoms with van der Waals surface area (Å²) in [5.41, 5.74) is 1.91. The van der Waals surface area contributed by atoms with E-state index in [0.717, 1.165) is 39.3 Å². The molecule has 1 aromatic carbocycles. The SMILES string of the molecule is CC(CN1CCN(Cc2ccccc2)CC1)NC(=O)CCC(=O)c1cccnc1. The van der Waals surface area contributed by atoms with Crippen LogP contribution in [0.2, 0.25) is 0 Å². The standard InChI is InChI=1S/C23H30N4O2/c1-19(25-23(29)10-9-22(28)21-8-5-11-24-16-21)17-26-12-14-27(15-13-26)18-20-6-3-2-4-7-20/h2-8,11,16,19H,9-10,12-15,17-18H2,1H3,(H,25,29). The fourth-order valence-electron chi connectivity index (χ4n) is 3.65. The van der Waals surface area contributed by atoms with E-state index in [1.165, 1.54) is 5.56 Å². The van der Waals surface area contributed by atoms with E-state index < -0.39 is 0 Å². The number of carbonyl (C=O) groups excluding carboxylic acids is 2. The van der Waals surface area contributed by atoms with E-state index in [2.05, 4.69) is 44.4 Å². The molecular formula is C23H30N4O2. The van der Waals surface area contributed by atoms with E-state index >= 15 is 0 Å². The van der Waals surface area contributed by atoms with Crippen LogP contribution in [0.1, 0.15) is 35.7 Å². The average molecular weight is 395 g/mol. The molecule has 1 aliphatic heterocycles. The third-order valence-electron chi connectivity index (χ3n) is 5.22. The Morgan fingerprint density at radius 1 is 1.00 bits per heavy atom. The van der Waals surface area contributed by atoms with Crippen molar-refractivity contribution < 1.29 is 9.59 Å². The Bertz CT molecular complexity index is 774. The van der Waals surface area contributed by atoms with Gasteiger partial charge in [-0.3, -0.25) is 24.4 Å². The maximum atomic E-state index is 12.2. The van der Waals surface area contributed by atoms with Gasteiger partial charge in [-0.1, -0.05) is 30.3 Å². The van der Waals surface area contributed by atoms with Crippen molar-refractivity contribution in [3.05, 3.63) is 66.0 Å². The molecule has 0 saturated carbocycles. The van der Waals surface area contributed by atoms with Gasteiger partial charge < -0.3 is 5.32 Å². The summed E-state index contributed by atoms with van der Waals surface area (Å²) in [6.45, 7) is 7.94. The average Bonchev–Trinajstić information content (AvgIpc) is 2.75. The summed E-state index contributed by atoms with van der Waals surface area (Å²) < 4.78 is 0. The predicted octanol–water partition coefficient (Wildman–Crippen LogP) is 2.37. The zero-order valence-corrected chi connectivity index (χ0v) is 17.1. The minimum atomic E-state index is -0.0718. The Morgan fingerprint density at radius 2 is 1.72 bits per heavy atom.